The van der Waals surface area contributed by atoms with Crippen molar-refractivity contribution in [3.63, 3.8) is 0 Å². The zero-order chi connectivity index (χ0) is 23.8. The van der Waals surface area contributed by atoms with Crippen LogP contribution in [0.3, 0.4) is 0 Å². The fraction of sp³-hybridized carbons (Fsp3) is 0.152. The molecule has 4 aromatic rings. The van der Waals surface area contributed by atoms with Crippen molar-refractivity contribution >= 4 is 35.7 Å². The first-order valence-corrected chi connectivity index (χ1v) is 12.1. The average molecular weight is 444 g/mol. The lowest BCUT2D eigenvalue weighted by molar-refractivity contribution is 1.14. The molecular formula is C33H33N. The summed E-state index contributed by atoms with van der Waals surface area (Å²) in [6, 6.07) is 34.9. The van der Waals surface area contributed by atoms with Gasteiger partial charge in [0.25, 0.3) is 0 Å². The predicted molar refractivity (Wildman–Crippen MR) is 150 cm³/mol. The molecule has 0 atom stereocenters. The SMILES string of the molecule is CCc1ccc(C=Cc2ccc(N(C)c3ccc(C=Cc4ccc(CC)cc4)cc3)cc2)cc1. The number of nitrogens with zero attached hydrogens (tertiary/aromatic N) is 1. The van der Waals surface area contributed by atoms with Crippen molar-refractivity contribution in [3.05, 3.63) is 130 Å². The van der Waals surface area contributed by atoms with Crippen LogP contribution in [0.2, 0.25) is 0 Å². The van der Waals surface area contributed by atoms with Crippen LogP contribution in [0.15, 0.2) is 97.1 Å². The largest absolute Gasteiger partial charge is 0.345 e. The second-order valence-electron chi connectivity index (χ2n) is 8.60. The van der Waals surface area contributed by atoms with Gasteiger partial charge in [-0.25, -0.2) is 0 Å². The molecule has 0 saturated heterocycles. The highest BCUT2D eigenvalue weighted by Crippen LogP contribution is 2.25. The van der Waals surface area contributed by atoms with Crippen molar-refractivity contribution in [2.24, 2.45) is 0 Å². The van der Waals surface area contributed by atoms with Gasteiger partial charge in [0, 0.05) is 18.4 Å². The summed E-state index contributed by atoms with van der Waals surface area (Å²) in [5.74, 6) is 0. The van der Waals surface area contributed by atoms with Crippen LogP contribution in [0.5, 0.6) is 0 Å². The van der Waals surface area contributed by atoms with Gasteiger partial charge in [0.05, 0.1) is 0 Å². The minimum absolute atomic E-state index is 1.08. The molecule has 0 amide bonds. The van der Waals surface area contributed by atoms with Crippen LogP contribution in [-0.4, -0.2) is 7.05 Å². The molecule has 4 rings (SSSR count). The lowest BCUT2D eigenvalue weighted by Gasteiger charge is -2.20. The summed E-state index contributed by atoms with van der Waals surface area (Å²) in [4.78, 5) is 2.22. The van der Waals surface area contributed by atoms with Crippen LogP contribution in [-0.2, 0) is 12.8 Å². The molecule has 0 spiro atoms. The molecule has 1 heteroatoms. The highest BCUT2D eigenvalue weighted by atomic mass is 15.1. The molecule has 0 heterocycles. The van der Waals surface area contributed by atoms with E-state index in [0.717, 1.165) is 12.8 Å². The van der Waals surface area contributed by atoms with Gasteiger partial charge >= 0.3 is 0 Å². The molecule has 1 nitrogen and oxygen atoms in total. The van der Waals surface area contributed by atoms with Gasteiger partial charge in [0.15, 0.2) is 0 Å². The van der Waals surface area contributed by atoms with E-state index < -0.39 is 0 Å². The molecule has 0 unspecified atom stereocenters. The van der Waals surface area contributed by atoms with Crippen LogP contribution >= 0.6 is 0 Å². The van der Waals surface area contributed by atoms with Gasteiger partial charge in [-0.2, -0.15) is 0 Å². The maximum atomic E-state index is 2.22. The number of aryl methyl sites for hydroxylation is 2. The van der Waals surface area contributed by atoms with Gasteiger partial charge in [-0.3, -0.25) is 0 Å². The van der Waals surface area contributed by atoms with Crippen molar-refractivity contribution < 1.29 is 0 Å². The first-order chi connectivity index (χ1) is 16.6. The second kappa shape index (κ2) is 11.3. The molecule has 0 aliphatic heterocycles. The Bertz CT molecular complexity index is 1130. The van der Waals surface area contributed by atoms with Crippen molar-refractivity contribution in [1.82, 2.24) is 0 Å². The smallest absolute Gasteiger partial charge is 0.0408 e. The standard InChI is InChI=1S/C33H33N/c1-4-26-6-10-28(11-7-26)14-16-30-18-22-32(23-19-30)34(3)33-24-20-31(21-25-33)17-15-29-12-8-27(5-2)9-13-29/h6-25H,4-5H2,1-3H3. The van der Waals surface area contributed by atoms with Gasteiger partial charge in [0.2, 0.25) is 0 Å². The minimum atomic E-state index is 1.08. The van der Waals surface area contributed by atoms with Gasteiger partial charge in [-0.1, -0.05) is 111 Å². The lowest BCUT2D eigenvalue weighted by atomic mass is 10.1. The van der Waals surface area contributed by atoms with Gasteiger partial charge in [-0.05, 0) is 70.5 Å². The summed E-state index contributed by atoms with van der Waals surface area (Å²) in [6.07, 6.45) is 10.8. The van der Waals surface area contributed by atoms with Crippen LogP contribution < -0.4 is 4.90 Å². The fourth-order valence-electron chi connectivity index (χ4n) is 3.88. The van der Waals surface area contributed by atoms with E-state index in [4.69, 9.17) is 0 Å². The zero-order valence-electron chi connectivity index (χ0n) is 20.4. The second-order valence-corrected chi connectivity index (χ2v) is 8.60. The molecule has 4 aromatic carbocycles. The highest BCUT2D eigenvalue weighted by molar-refractivity contribution is 5.73. The third kappa shape index (κ3) is 6.14. The van der Waals surface area contributed by atoms with Crippen LogP contribution in [0.1, 0.15) is 47.2 Å². The van der Waals surface area contributed by atoms with Crippen molar-refractivity contribution in [2.45, 2.75) is 26.7 Å². The normalized spacial score (nSPS) is 11.4. The molecule has 0 aromatic heterocycles. The lowest BCUT2D eigenvalue weighted by Crippen LogP contribution is -2.08. The van der Waals surface area contributed by atoms with Gasteiger partial charge < -0.3 is 4.90 Å². The van der Waals surface area contributed by atoms with E-state index in [9.17, 15) is 0 Å². The predicted octanol–water partition coefficient (Wildman–Crippen LogP) is 8.92. The Morgan fingerprint density at radius 3 is 0.971 bits per heavy atom. The van der Waals surface area contributed by atoms with Gasteiger partial charge in [-0.15, -0.1) is 0 Å². The molecule has 34 heavy (non-hydrogen) atoms. The monoisotopic (exact) mass is 443 g/mol. The third-order valence-corrected chi connectivity index (χ3v) is 6.27. The summed E-state index contributed by atoms with van der Waals surface area (Å²) in [5.41, 5.74) is 9.93. The highest BCUT2D eigenvalue weighted by Gasteiger charge is 2.03. The minimum Gasteiger partial charge on any atom is -0.345 e. The molecular weight excluding hydrogens is 410 g/mol. The number of benzene rings is 4. The molecule has 0 radical (unpaired) electrons. The average Bonchev–Trinajstić information content (AvgIpc) is 2.91. The summed E-state index contributed by atoms with van der Waals surface area (Å²) < 4.78 is 0. The van der Waals surface area contributed by atoms with Crippen LogP contribution in [0.4, 0.5) is 11.4 Å². The molecule has 0 aliphatic carbocycles. The van der Waals surface area contributed by atoms with E-state index in [1.807, 2.05) is 0 Å². The van der Waals surface area contributed by atoms with Crippen molar-refractivity contribution in [2.75, 3.05) is 11.9 Å². The quantitative estimate of drug-likeness (QED) is 0.246. The van der Waals surface area contributed by atoms with Crippen LogP contribution in [0.25, 0.3) is 24.3 Å². The number of hydrogen-bond acceptors (Lipinski definition) is 1. The van der Waals surface area contributed by atoms with E-state index in [1.54, 1.807) is 0 Å². The summed E-state index contributed by atoms with van der Waals surface area (Å²) in [6.45, 7) is 4.37. The molecule has 0 saturated carbocycles. The maximum Gasteiger partial charge on any atom is 0.0408 e. The van der Waals surface area contributed by atoms with Crippen molar-refractivity contribution in [3.8, 4) is 0 Å². The van der Waals surface area contributed by atoms with E-state index in [2.05, 4.69) is 147 Å². The van der Waals surface area contributed by atoms with E-state index >= 15 is 0 Å². The summed E-state index contributed by atoms with van der Waals surface area (Å²) in [7, 11) is 2.11. The van der Waals surface area contributed by atoms with E-state index in [-0.39, 0.29) is 0 Å². The Balaban J connectivity index is 1.38. The number of hydrogen-bond donors (Lipinski definition) is 0. The third-order valence-electron chi connectivity index (χ3n) is 6.27. The fourth-order valence-corrected chi connectivity index (χ4v) is 3.88. The van der Waals surface area contributed by atoms with Crippen molar-refractivity contribution in [1.29, 1.82) is 0 Å². The Morgan fingerprint density at radius 2 is 0.706 bits per heavy atom. The molecule has 0 N–H and O–H groups in total. The van der Waals surface area contributed by atoms with E-state index in [1.165, 1.54) is 44.8 Å². The number of anilines is 2. The molecule has 0 bridgehead atoms. The Labute approximate surface area is 204 Å². The zero-order valence-corrected chi connectivity index (χ0v) is 20.4. The van der Waals surface area contributed by atoms with E-state index in [0.29, 0.717) is 0 Å². The molecule has 0 fully saturated rings. The first-order valence-electron chi connectivity index (χ1n) is 12.1. The Hall–Kier alpha value is -3.84. The maximum absolute atomic E-state index is 2.22. The summed E-state index contributed by atoms with van der Waals surface area (Å²) in [5, 5.41) is 0. The number of rotatable bonds is 8. The Morgan fingerprint density at radius 1 is 0.441 bits per heavy atom. The topological polar surface area (TPSA) is 3.24 Å². The molecule has 0 aliphatic rings. The molecule has 170 valence electrons. The first kappa shape index (κ1) is 23.3. The summed E-state index contributed by atoms with van der Waals surface area (Å²) >= 11 is 0. The Kier molecular flexibility index (Phi) is 7.78. The van der Waals surface area contributed by atoms with Gasteiger partial charge in [0.1, 0.15) is 0 Å². The van der Waals surface area contributed by atoms with Crippen LogP contribution in [0, 0.1) is 0 Å².